The number of aliphatic hydroxyl groups excluding tert-OH is 1. The van der Waals surface area contributed by atoms with Crippen molar-refractivity contribution in [2.45, 2.75) is 76.4 Å². The second-order valence-corrected chi connectivity index (χ2v) is 6.81. The topological polar surface area (TPSA) is 60.7 Å². The van der Waals surface area contributed by atoms with E-state index < -0.39 is 5.79 Å². The Labute approximate surface area is 117 Å². The first-order valence-electron chi connectivity index (χ1n) is 8.17. The number of hydrogen-bond donors (Lipinski definition) is 3. The van der Waals surface area contributed by atoms with Crippen molar-refractivity contribution in [1.82, 2.24) is 0 Å². The van der Waals surface area contributed by atoms with Crippen molar-refractivity contribution in [3.8, 4) is 0 Å². The summed E-state index contributed by atoms with van der Waals surface area (Å²) in [6, 6.07) is 0. The zero-order valence-electron chi connectivity index (χ0n) is 12.1. The summed E-state index contributed by atoms with van der Waals surface area (Å²) in [5.41, 5.74) is 0. The van der Waals surface area contributed by atoms with Gasteiger partial charge in [0, 0.05) is 18.9 Å². The highest BCUT2D eigenvalue weighted by Gasteiger charge is 2.39. The summed E-state index contributed by atoms with van der Waals surface area (Å²) in [4.78, 5) is 0. The monoisotopic (exact) mass is 270 g/mol. The zero-order chi connectivity index (χ0) is 13.7. The first kappa shape index (κ1) is 15.3. The molecule has 19 heavy (non-hydrogen) atoms. The van der Waals surface area contributed by atoms with Gasteiger partial charge in [-0.1, -0.05) is 32.1 Å². The van der Waals surface area contributed by atoms with Crippen LogP contribution in [0.15, 0.2) is 0 Å². The van der Waals surface area contributed by atoms with Crippen LogP contribution in [0.1, 0.15) is 70.6 Å². The molecule has 2 aliphatic carbocycles. The van der Waals surface area contributed by atoms with Gasteiger partial charge >= 0.3 is 0 Å². The average Bonchev–Trinajstić information content (AvgIpc) is 2.88. The maximum atomic E-state index is 10.3. The van der Waals surface area contributed by atoms with Crippen molar-refractivity contribution in [2.24, 2.45) is 17.8 Å². The standard InChI is InChI=1S/C16H30O3/c17-11-9-14-6-7-15(12-14)16(18,19)10-8-13-4-2-1-3-5-13/h13-15,17-19H,1-12H2. The van der Waals surface area contributed by atoms with E-state index in [4.69, 9.17) is 5.11 Å². The molecule has 0 saturated heterocycles. The Kier molecular flexibility index (Phi) is 5.67. The van der Waals surface area contributed by atoms with Gasteiger partial charge in [-0.15, -0.1) is 0 Å². The van der Waals surface area contributed by atoms with E-state index in [9.17, 15) is 10.2 Å². The molecule has 0 aliphatic heterocycles. The molecule has 0 heterocycles. The van der Waals surface area contributed by atoms with Gasteiger partial charge in [0.1, 0.15) is 0 Å². The molecule has 2 saturated carbocycles. The van der Waals surface area contributed by atoms with Crippen molar-refractivity contribution < 1.29 is 15.3 Å². The van der Waals surface area contributed by atoms with Gasteiger partial charge in [0.25, 0.3) is 0 Å². The fourth-order valence-corrected chi connectivity index (χ4v) is 4.04. The molecular formula is C16H30O3. The van der Waals surface area contributed by atoms with Gasteiger partial charge in [0.2, 0.25) is 0 Å². The third-order valence-corrected chi connectivity index (χ3v) is 5.38. The van der Waals surface area contributed by atoms with E-state index in [1.54, 1.807) is 0 Å². The Morgan fingerprint density at radius 1 is 0.842 bits per heavy atom. The van der Waals surface area contributed by atoms with E-state index in [-0.39, 0.29) is 12.5 Å². The predicted molar refractivity (Wildman–Crippen MR) is 75.5 cm³/mol. The molecule has 3 heteroatoms. The van der Waals surface area contributed by atoms with Crippen molar-refractivity contribution >= 4 is 0 Å². The van der Waals surface area contributed by atoms with Crippen LogP contribution in [0.4, 0.5) is 0 Å². The molecule has 3 nitrogen and oxygen atoms in total. The highest BCUT2D eigenvalue weighted by Crippen LogP contribution is 2.41. The minimum atomic E-state index is -1.47. The minimum Gasteiger partial charge on any atom is -0.396 e. The van der Waals surface area contributed by atoms with Crippen LogP contribution in [0.3, 0.4) is 0 Å². The van der Waals surface area contributed by atoms with Crippen LogP contribution in [0.2, 0.25) is 0 Å². The molecule has 0 aromatic rings. The van der Waals surface area contributed by atoms with Crippen molar-refractivity contribution in [1.29, 1.82) is 0 Å². The maximum absolute atomic E-state index is 10.3. The van der Waals surface area contributed by atoms with Crippen LogP contribution in [0.5, 0.6) is 0 Å². The number of aliphatic hydroxyl groups is 3. The third kappa shape index (κ3) is 4.44. The molecule has 2 aliphatic rings. The van der Waals surface area contributed by atoms with E-state index in [0.717, 1.165) is 32.1 Å². The second-order valence-electron chi connectivity index (χ2n) is 6.81. The van der Waals surface area contributed by atoms with E-state index in [2.05, 4.69) is 0 Å². The first-order chi connectivity index (χ1) is 9.12. The smallest absolute Gasteiger partial charge is 0.165 e. The van der Waals surface area contributed by atoms with E-state index in [1.165, 1.54) is 32.1 Å². The molecular weight excluding hydrogens is 240 g/mol. The Hall–Kier alpha value is -0.120. The lowest BCUT2D eigenvalue weighted by atomic mass is 9.82. The van der Waals surface area contributed by atoms with Crippen molar-refractivity contribution in [3.05, 3.63) is 0 Å². The van der Waals surface area contributed by atoms with Crippen LogP contribution in [-0.2, 0) is 0 Å². The zero-order valence-corrected chi connectivity index (χ0v) is 12.1. The SMILES string of the molecule is OCCC1CCC(C(O)(O)CCC2CCCCC2)C1. The third-order valence-electron chi connectivity index (χ3n) is 5.38. The summed E-state index contributed by atoms with van der Waals surface area (Å²) >= 11 is 0. The Morgan fingerprint density at radius 3 is 2.26 bits per heavy atom. The van der Waals surface area contributed by atoms with Gasteiger partial charge in [-0.3, -0.25) is 0 Å². The highest BCUT2D eigenvalue weighted by atomic mass is 16.5. The van der Waals surface area contributed by atoms with E-state index in [0.29, 0.717) is 18.3 Å². The lowest BCUT2D eigenvalue weighted by Gasteiger charge is -2.31. The quantitative estimate of drug-likeness (QED) is 0.650. The molecule has 2 fully saturated rings. The average molecular weight is 270 g/mol. The normalized spacial score (nSPS) is 29.8. The minimum absolute atomic E-state index is 0.0210. The van der Waals surface area contributed by atoms with Crippen LogP contribution in [0.25, 0.3) is 0 Å². The van der Waals surface area contributed by atoms with Crippen LogP contribution >= 0.6 is 0 Å². The van der Waals surface area contributed by atoms with Crippen LogP contribution in [0, 0.1) is 17.8 Å². The molecule has 3 N–H and O–H groups in total. The lowest BCUT2D eigenvalue weighted by Crippen LogP contribution is -2.37. The summed E-state index contributed by atoms with van der Waals surface area (Å²) < 4.78 is 0. The van der Waals surface area contributed by atoms with Gasteiger partial charge in [-0.2, -0.15) is 0 Å². The first-order valence-corrected chi connectivity index (χ1v) is 8.17. The second kappa shape index (κ2) is 7.05. The summed E-state index contributed by atoms with van der Waals surface area (Å²) in [6.07, 6.45) is 11.7. The summed E-state index contributed by atoms with van der Waals surface area (Å²) in [5, 5.41) is 29.6. The van der Waals surface area contributed by atoms with Gasteiger partial charge in [0.05, 0.1) is 0 Å². The maximum Gasteiger partial charge on any atom is 0.165 e. The largest absolute Gasteiger partial charge is 0.396 e. The van der Waals surface area contributed by atoms with Crippen LogP contribution in [-0.4, -0.2) is 27.7 Å². The number of rotatable bonds is 6. The summed E-state index contributed by atoms with van der Waals surface area (Å²) in [5.74, 6) is -0.250. The molecule has 0 bridgehead atoms. The predicted octanol–water partition coefficient (Wildman–Crippen LogP) is 2.83. The molecule has 0 aromatic carbocycles. The highest BCUT2D eigenvalue weighted by molar-refractivity contribution is 4.85. The van der Waals surface area contributed by atoms with Gasteiger partial charge in [-0.25, -0.2) is 0 Å². The van der Waals surface area contributed by atoms with Gasteiger partial charge in [-0.05, 0) is 43.9 Å². The molecule has 0 amide bonds. The summed E-state index contributed by atoms with van der Waals surface area (Å²) in [6.45, 7) is 0.226. The van der Waals surface area contributed by atoms with E-state index in [1.807, 2.05) is 0 Å². The fraction of sp³-hybridized carbons (Fsp3) is 1.00. The van der Waals surface area contributed by atoms with Gasteiger partial charge in [0.15, 0.2) is 5.79 Å². The molecule has 112 valence electrons. The van der Waals surface area contributed by atoms with E-state index >= 15 is 0 Å². The van der Waals surface area contributed by atoms with Crippen molar-refractivity contribution in [2.75, 3.05) is 6.61 Å². The number of hydrogen-bond acceptors (Lipinski definition) is 3. The Balaban J connectivity index is 1.74. The molecule has 2 rings (SSSR count). The molecule has 0 aromatic heterocycles. The van der Waals surface area contributed by atoms with Crippen LogP contribution < -0.4 is 0 Å². The van der Waals surface area contributed by atoms with Crippen molar-refractivity contribution in [3.63, 3.8) is 0 Å². The molecule has 0 radical (unpaired) electrons. The summed E-state index contributed by atoms with van der Waals surface area (Å²) in [7, 11) is 0. The Morgan fingerprint density at radius 2 is 1.58 bits per heavy atom. The fourth-order valence-electron chi connectivity index (χ4n) is 4.04. The van der Waals surface area contributed by atoms with Gasteiger partial charge < -0.3 is 15.3 Å². The molecule has 0 spiro atoms. The molecule has 2 atom stereocenters. The molecule has 2 unspecified atom stereocenters. The lowest BCUT2D eigenvalue weighted by molar-refractivity contribution is -0.206. The Bertz CT molecular complexity index is 259.